The number of aryl methyl sites for hydroxylation is 2. The van der Waals surface area contributed by atoms with E-state index < -0.39 is 5.97 Å². The van der Waals surface area contributed by atoms with E-state index in [4.69, 9.17) is 0 Å². The van der Waals surface area contributed by atoms with Crippen molar-refractivity contribution < 1.29 is 14.7 Å². The monoisotopic (exact) mass is 434 g/mol. The number of carbonyl (C=O) groups excluding carboxylic acids is 1. The van der Waals surface area contributed by atoms with Gasteiger partial charge in [-0.3, -0.25) is 4.79 Å². The van der Waals surface area contributed by atoms with Gasteiger partial charge in [0.15, 0.2) is 0 Å². The van der Waals surface area contributed by atoms with E-state index in [9.17, 15) is 14.7 Å². The van der Waals surface area contributed by atoms with E-state index in [1.54, 1.807) is 16.7 Å². The number of pyridine rings is 1. The average Bonchev–Trinajstić information content (AvgIpc) is 3.08. The number of hydrogen-bond donors (Lipinski definition) is 2. The largest absolute Gasteiger partial charge is 0.478 e. The van der Waals surface area contributed by atoms with Crippen LogP contribution in [0.2, 0.25) is 0 Å². The molecular weight excluding hydrogens is 400 g/mol. The molecule has 2 aromatic heterocycles. The zero-order valence-electron chi connectivity index (χ0n) is 20.0. The van der Waals surface area contributed by atoms with Crippen LogP contribution in [0.5, 0.6) is 0 Å². The lowest BCUT2D eigenvalue weighted by Gasteiger charge is -2.35. The van der Waals surface area contributed by atoms with Gasteiger partial charge < -0.3 is 14.8 Å². The number of hydrogen-bond acceptors (Lipinski definition) is 3. The van der Waals surface area contributed by atoms with Crippen molar-refractivity contribution in [1.82, 2.24) is 9.72 Å². The van der Waals surface area contributed by atoms with Gasteiger partial charge >= 0.3 is 5.97 Å². The van der Waals surface area contributed by atoms with E-state index >= 15 is 0 Å². The third-order valence-corrected chi connectivity index (χ3v) is 5.66. The first-order chi connectivity index (χ1) is 14.9. The Morgan fingerprint density at radius 2 is 1.62 bits per heavy atom. The summed E-state index contributed by atoms with van der Waals surface area (Å²) < 4.78 is 1.79. The van der Waals surface area contributed by atoms with Gasteiger partial charge in [-0.1, -0.05) is 31.2 Å². The fourth-order valence-electron chi connectivity index (χ4n) is 4.39. The number of carboxylic acids is 1. The Morgan fingerprint density at radius 1 is 0.969 bits per heavy atom. The number of rotatable bonds is 8. The van der Waals surface area contributed by atoms with Crippen molar-refractivity contribution in [2.45, 2.75) is 71.9 Å². The zero-order valence-corrected chi connectivity index (χ0v) is 20.0. The van der Waals surface area contributed by atoms with E-state index in [0.717, 1.165) is 23.9 Å². The van der Waals surface area contributed by atoms with Gasteiger partial charge in [0.1, 0.15) is 0 Å². The van der Waals surface area contributed by atoms with Gasteiger partial charge in [0, 0.05) is 28.4 Å². The molecule has 0 aliphatic carbocycles. The average molecular weight is 435 g/mol. The quantitative estimate of drug-likeness (QED) is 0.457. The topological polar surface area (TPSA) is 70.8 Å². The fourth-order valence-corrected chi connectivity index (χ4v) is 4.39. The summed E-state index contributed by atoms with van der Waals surface area (Å²) in [6, 6.07) is 12.9. The maximum absolute atomic E-state index is 13.4. The number of aromatic nitrogens is 1. The molecule has 5 nitrogen and oxygen atoms in total. The molecule has 1 aromatic carbocycles. The van der Waals surface area contributed by atoms with E-state index in [1.165, 1.54) is 11.6 Å². The molecule has 0 amide bonds. The first-order valence-electron chi connectivity index (χ1n) is 11.2. The number of carbonyl (C=O) groups is 2. The highest BCUT2D eigenvalue weighted by atomic mass is 16.4. The van der Waals surface area contributed by atoms with E-state index in [0.29, 0.717) is 17.7 Å². The standard InChI is InChI=1S/C27H34N2O3/c1-7-19-16-22-17-21(25(31)32)13-15-29(22)23(19)24(30)20-10-8-18(9-11-20)12-14-27(5,6)28-26(2,3)4/h8-11,13,15-17,28H,7,12,14H2,1-6H3,(H,31,32). The smallest absolute Gasteiger partial charge is 0.335 e. The summed E-state index contributed by atoms with van der Waals surface area (Å²) in [5, 5.41) is 12.9. The van der Waals surface area contributed by atoms with E-state index in [2.05, 4.69) is 39.9 Å². The maximum Gasteiger partial charge on any atom is 0.335 e. The van der Waals surface area contributed by atoms with Gasteiger partial charge in [-0.05, 0) is 83.2 Å². The molecule has 0 saturated heterocycles. The molecule has 0 bridgehead atoms. The minimum Gasteiger partial charge on any atom is -0.478 e. The number of ketones is 1. The second-order valence-corrected chi connectivity index (χ2v) is 10.2. The summed E-state index contributed by atoms with van der Waals surface area (Å²) in [6.45, 7) is 13.0. The van der Waals surface area contributed by atoms with Crippen molar-refractivity contribution in [2.75, 3.05) is 0 Å². The third-order valence-electron chi connectivity index (χ3n) is 5.66. The molecule has 0 spiro atoms. The number of aromatic carboxylic acids is 1. The molecular formula is C27H34N2O3. The minimum absolute atomic E-state index is 0.0163. The Bertz CT molecular complexity index is 1130. The lowest BCUT2D eigenvalue weighted by atomic mass is 9.91. The highest BCUT2D eigenvalue weighted by Gasteiger charge is 2.24. The summed E-state index contributed by atoms with van der Waals surface area (Å²) in [7, 11) is 0. The molecule has 32 heavy (non-hydrogen) atoms. The third kappa shape index (κ3) is 5.46. The molecule has 170 valence electrons. The highest BCUT2D eigenvalue weighted by molar-refractivity contribution is 6.09. The van der Waals surface area contributed by atoms with E-state index in [1.807, 2.05) is 37.3 Å². The van der Waals surface area contributed by atoms with Gasteiger partial charge in [0.05, 0.1) is 11.3 Å². The van der Waals surface area contributed by atoms with Crippen molar-refractivity contribution >= 4 is 17.3 Å². The molecule has 5 heteroatoms. The lowest BCUT2D eigenvalue weighted by molar-refractivity contribution is 0.0696. The normalized spacial score (nSPS) is 12.3. The lowest BCUT2D eigenvalue weighted by Crippen LogP contribution is -2.50. The SMILES string of the molecule is CCc1cc2cc(C(=O)O)ccn2c1C(=O)c1ccc(CCC(C)(C)NC(C)(C)C)cc1. The first kappa shape index (κ1) is 23.7. The van der Waals surface area contributed by atoms with Crippen LogP contribution in [0.3, 0.4) is 0 Å². The van der Waals surface area contributed by atoms with Crippen LogP contribution in [0, 0.1) is 0 Å². The number of nitrogens with one attached hydrogen (secondary N) is 1. The molecule has 0 aliphatic heterocycles. The Labute approximate surface area is 190 Å². The van der Waals surface area contributed by atoms with Gasteiger partial charge in [-0.25, -0.2) is 4.79 Å². The van der Waals surface area contributed by atoms with Crippen molar-refractivity contribution in [3.8, 4) is 0 Å². The highest BCUT2D eigenvalue weighted by Crippen LogP contribution is 2.23. The summed E-state index contributed by atoms with van der Waals surface area (Å²) in [5.74, 6) is -1.03. The molecule has 0 radical (unpaired) electrons. The van der Waals surface area contributed by atoms with Crippen molar-refractivity contribution in [1.29, 1.82) is 0 Å². The Balaban J connectivity index is 1.81. The molecule has 3 rings (SSSR count). The van der Waals surface area contributed by atoms with Crippen LogP contribution in [0.4, 0.5) is 0 Å². The minimum atomic E-state index is -0.976. The van der Waals surface area contributed by atoms with Crippen LogP contribution in [0.1, 0.15) is 85.5 Å². The van der Waals surface area contributed by atoms with Crippen LogP contribution in [-0.4, -0.2) is 32.3 Å². The second kappa shape index (κ2) is 8.91. The van der Waals surface area contributed by atoms with Crippen LogP contribution in [0.15, 0.2) is 48.7 Å². The van der Waals surface area contributed by atoms with E-state index in [-0.39, 0.29) is 22.4 Å². The molecule has 3 aromatic rings. The number of nitrogens with zero attached hydrogens (tertiary/aromatic N) is 1. The molecule has 0 unspecified atom stereocenters. The Morgan fingerprint density at radius 3 is 2.19 bits per heavy atom. The molecule has 0 fully saturated rings. The van der Waals surface area contributed by atoms with Crippen LogP contribution in [-0.2, 0) is 12.8 Å². The molecule has 2 heterocycles. The number of carboxylic acid groups (broad SMARTS) is 1. The number of fused-ring (bicyclic) bond motifs is 1. The molecule has 2 N–H and O–H groups in total. The van der Waals surface area contributed by atoms with Gasteiger partial charge in [-0.15, -0.1) is 0 Å². The Hall–Kier alpha value is -2.92. The predicted molar refractivity (Wildman–Crippen MR) is 129 cm³/mol. The summed E-state index contributed by atoms with van der Waals surface area (Å²) in [4.78, 5) is 24.7. The Kier molecular flexibility index (Phi) is 6.61. The zero-order chi connectivity index (χ0) is 23.7. The van der Waals surface area contributed by atoms with Gasteiger partial charge in [0.25, 0.3) is 0 Å². The van der Waals surface area contributed by atoms with Gasteiger partial charge in [0.2, 0.25) is 5.78 Å². The summed E-state index contributed by atoms with van der Waals surface area (Å²) >= 11 is 0. The van der Waals surface area contributed by atoms with Crippen LogP contribution >= 0.6 is 0 Å². The maximum atomic E-state index is 13.4. The van der Waals surface area contributed by atoms with Crippen molar-refractivity contribution in [3.05, 3.63) is 76.6 Å². The second-order valence-electron chi connectivity index (χ2n) is 10.2. The van der Waals surface area contributed by atoms with Crippen molar-refractivity contribution in [2.24, 2.45) is 0 Å². The summed E-state index contributed by atoms with van der Waals surface area (Å²) in [6.07, 6.45) is 4.28. The van der Waals surface area contributed by atoms with Crippen LogP contribution < -0.4 is 5.32 Å². The molecule has 0 saturated carbocycles. The fraction of sp³-hybridized carbons (Fsp3) is 0.407. The van der Waals surface area contributed by atoms with Gasteiger partial charge in [-0.2, -0.15) is 0 Å². The number of benzene rings is 1. The predicted octanol–water partition coefficient (Wildman–Crippen LogP) is 5.53. The van der Waals surface area contributed by atoms with Crippen LogP contribution in [0.25, 0.3) is 5.52 Å². The first-order valence-corrected chi connectivity index (χ1v) is 11.2. The van der Waals surface area contributed by atoms with Crippen molar-refractivity contribution in [3.63, 3.8) is 0 Å². The summed E-state index contributed by atoms with van der Waals surface area (Å²) in [5.41, 5.74) is 4.36. The molecule has 0 atom stereocenters. The molecule has 0 aliphatic rings.